The lowest BCUT2D eigenvalue weighted by Crippen LogP contribution is -2.61. The van der Waals surface area contributed by atoms with E-state index in [1.807, 2.05) is 13.8 Å². The van der Waals surface area contributed by atoms with Gasteiger partial charge in [-0.25, -0.2) is 4.79 Å². The van der Waals surface area contributed by atoms with Crippen molar-refractivity contribution in [1.29, 1.82) is 0 Å². The van der Waals surface area contributed by atoms with Gasteiger partial charge in [0.05, 0.1) is 24.2 Å². The van der Waals surface area contributed by atoms with E-state index in [2.05, 4.69) is 0 Å². The van der Waals surface area contributed by atoms with Gasteiger partial charge in [-0.3, -0.25) is 9.59 Å². The van der Waals surface area contributed by atoms with Gasteiger partial charge in [0.1, 0.15) is 0 Å². The zero-order valence-corrected chi connectivity index (χ0v) is 15.3. The maximum absolute atomic E-state index is 13.1. The number of esters is 2. The second-order valence-electron chi connectivity index (χ2n) is 8.91. The molecule has 1 N–H and O–H groups in total. The fraction of sp³-hybridized carbons (Fsp3) is 0.650. The van der Waals surface area contributed by atoms with Crippen molar-refractivity contribution in [2.75, 3.05) is 6.61 Å². The number of aliphatic hydroxyl groups excluding tert-OH is 1. The van der Waals surface area contributed by atoms with E-state index >= 15 is 0 Å². The number of fused-ring (bicyclic) bond motifs is 2. The minimum Gasteiger partial charge on any atom is -0.465 e. The van der Waals surface area contributed by atoms with Gasteiger partial charge in [0.15, 0.2) is 5.78 Å². The Hall–Kier alpha value is -1.99. The molecule has 5 aliphatic rings. The topological polar surface area (TPSA) is 99.1 Å². The Morgan fingerprint density at radius 1 is 1.19 bits per heavy atom. The summed E-state index contributed by atoms with van der Waals surface area (Å²) in [5, 5.41) is 10.1. The third-order valence-electron chi connectivity index (χ3n) is 7.76. The Balaban J connectivity index is 1.58. The van der Waals surface area contributed by atoms with Gasteiger partial charge in [-0.1, -0.05) is 13.0 Å². The molecule has 7 atom stereocenters. The zero-order chi connectivity index (χ0) is 19.2. The summed E-state index contributed by atoms with van der Waals surface area (Å²) in [4.78, 5) is 36.9. The van der Waals surface area contributed by atoms with Crippen LogP contribution in [0, 0.1) is 22.7 Å². The van der Waals surface area contributed by atoms with Gasteiger partial charge in [-0.2, -0.15) is 0 Å². The second-order valence-corrected chi connectivity index (χ2v) is 8.91. The summed E-state index contributed by atoms with van der Waals surface area (Å²) in [7, 11) is 0. The summed E-state index contributed by atoms with van der Waals surface area (Å²) in [5.74, 6) is -1.67. The fourth-order valence-corrected chi connectivity index (χ4v) is 6.23. The smallest absolute Gasteiger partial charge is 0.333 e. The van der Waals surface area contributed by atoms with Crippen LogP contribution in [0.5, 0.6) is 0 Å². The van der Waals surface area contributed by atoms with Gasteiger partial charge >= 0.3 is 11.9 Å². The number of ether oxygens (including phenoxy) is 3. The largest absolute Gasteiger partial charge is 0.465 e. The van der Waals surface area contributed by atoms with E-state index in [1.54, 1.807) is 6.08 Å². The van der Waals surface area contributed by atoms with Crippen molar-refractivity contribution < 1.29 is 33.7 Å². The highest BCUT2D eigenvalue weighted by Crippen LogP contribution is 2.68. The summed E-state index contributed by atoms with van der Waals surface area (Å²) in [6.45, 7) is 4.27. The first-order valence-electron chi connectivity index (χ1n) is 9.37. The van der Waals surface area contributed by atoms with Crippen molar-refractivity contribution in [2.45, 2.75) is 51.1 Å². The molecule has 7 heteroatoms. The summed E-state index contributed by atoms with van der Waals surface area (Å²) in [6, 6.07) is 0. The SMILES string of the molecule is CC12CCC34COC(=O)C3C=CC(=O)C4C1(C)CC(C1=CC(=O)OC1O)O2. The predicted octanol–water partition coefficient (Wildman–Crippen LogP) is 1.05. The first-order valence-corrected chi connectivity index (χ1v) is 9.37. The molecule has 144 valence electrons. The highest BCUT2D eigenvalue weighted by atomic mass is 16.6. The standard InChI is InChI=1S/C20H22O7/c1-18-8-13(10-7-14(22)26-16(10)23)27-19(18,2)5-6-20-9-25-17(24)11(20)3-4-12(21)15(18)20/h3-4,7,11,13,15-16,23H,5-6,8-9H2,1-2H3. The first kappa shape index (κ1) is 17.1. The normalized spacial score (nSPS) is 50.6. The number of hydrogen-bond donors (Lipinski definition) is 1. The molecule has 0 amide bonds. The molecule has 7 nitrogen and oxygen atoms in total. The average molecular weight is 374 g/mol. The van der Waals surface area contributed by atoms with Crippen LogP contribution in [0.1, 0.15) is 33.1 Å². The molecular weight excluding hydrogens is 352 g/mol. The van der Waals surface area contributed by atoms with Crippen LogP contribution in [0.15, 0.2) is 23.8 Å². The van der Waals surface area contributed by atoms with Crippen molar-refractivity contribution in [3.8, 4) is 0 Å². The molecule has 0 aromatic heterocycles. The Morgan fingerprint density at radius 3 is 2.67 bits per heavy atom. The lowest BCUT2D eigenvalue weighted by atomic mass is 9.45. The van der Waals surface area contributed by atoms with Crippen LogP contribution in [-0.2, 0) is 28.6 Å². The van der Waals surface area contributed by atoms with E-state index in [9.17, 15) is 19.5 Å². The number of carbonyl (C=O) groups is 3. The van der Waals surface area contributed by atoms with Gasteiger partial charge < -0.3 is 19.3 Å². The Bertz CT molecular complexity index is 828. The predicted molar refractivity (Wildman–Crippen MR) is 89.9 cm³/mol. The van der Waals surface area contributed by atoms with E-state index in [-0.39, 0.29) is 18.4 Å². The van der Waals surface area contributed by atoms with Crippen molar-refractivity contribution in [3.05, 3.63) is 23.8 Å². The molecule has 0 bridgehead atoms. The fourth-order valence-electron chi connectivity index (χ4n) is 6.23. The molecule has 3 heterocycles. The van der Waals surface area contributed by atoms with E-state index in [4.69, 9.17) is 14.2 Å². The minimum absolute atomic E-state index is 0.00417. The zero-order valence-electron chi connectivity index (χ0n) is 15.3. The van der Waals surface area contributed by atoms with Gasteiger partial charge in [0, 0.05) is 28.4 Å². The number of carbonyl (C=O) groups excluding carboxylic acids is 3. The van der Waals surface area contributed by atoms with Crippen LogP contribution < -0.4 is 0 Å². The van der Waals surface area contributed by atoms with Gasteiger partial charge in [-0.05, 0) is 32.3 Å². The molecule has 3 fully saturated rings. The molecule has 1 spiro atoms. The van der Waals surface area contributed by atoms with Crippen molar-refractivity contribution >= 4 is 17.7 Å². The molecule has 2 aliphatic carbocycles. The van der Waals surface area contributed by atoms with Crippen molar-refractivity contribution in [1.82, 2.24) is 0 Å². The van der Waals surface area contributed by atoms with Crippen molar-refractivity contribution in [3.63, 3.8) is 0 Å². The molecule has 5 rings (SSSR count). The number of hydrogen-bond acceptors (Lipinski definition) is 7. The monoisotopic (exact) mass is 374 g/mol. The summed E-state index contributed by atoms with van der Waals surface area (Å²) < 4.78 is 16.6. The summed E-state index contributed by atoms with van der Waals surface area (Å²) in [6.07, 6.45) is 4.47. The molecule has 2 saturated heterocycles. The Kier molecular flexibility index (Phi) is 3.23. The van der Waals surface area contributed by atoms with Crippen molar-refractivity contribution in [2.24, 2.45) is 22.7 Å². The van der Waals surface area contributed by atoms with Crippen LogP contribution >= 0.6 is 0 Å². The molecule has 1 saturated carbocycles. The van der Waals surface area contributed by atoms with Gasteiger partial charge in [-0.15, -0.1) is 0 Å². The Morgan fingerprint density at radius 2 is 1.96 bits per heavy atom. The lowest BCUT2D eigenvalue weighted by Gasteiger charge is -2.57. The Labute approximate surface area is 156 Å². The van der Waals surface area contributed by atoms with E-state index in [1.165, 1.54) is 12.2 Å². The molecular formula is C20H22O7. The highest BCUT2D eigenvalue weighted by Gasteiger charge is 2.72. The molecule has 0 radical (unpaired) electrons. The van der Waals surface area contributed by atoms with E-state index in [0.717, 1.165) is 0 Å². The maximum atomic E-state index is 13.1. The first-order chi connectivity index (χ1) is 12.7. The molecule has 7 unspecified atom stereocenters. The molecule has 0 aromatic rings. The van der Waals surface area contributed by atoms with Crippen LogP contribution in [0.3, 0.4) is 0 Å². The quantitative estimate of drug-likeness (QED) is 0.685. The van der Waals surface area contributed by atoms with Gasteiger partial charge in [0.25, 0.3) is 0 Å². The van der Waals surface area contributed by atoms with Crippen LogP contribution in [-0.4, -0.2) is 47.4 Å². The summed E-state index contributed by atoms with van der Waals surface area (Å²) in [5.41, 5.74) is -1.31. The van der Waals surface area contributed by atoms with E-state index in [0.29, 0.717) is 24.8 Å². The highest BCUT2D eigenvalue weighted by molar-refractivity contribution is 5.97. The third kappa shape index (κ3) is 1.96. The second kappa shape index (κ2) is 5.08. The van der Waals surface area contributed by atoms with E-state index < -0.39 is 46.6 Å². The molecule has 0 aromatic carbocycles. The molecule has 27 heavy (non-hydrogen) atoms. The average Bonchev–Trinajstić information content (AvgIpc) is 3.19. The van der Waals surface area contributed by atoms with Crippen LogP contribution in [0.4, 0.5) is 0 Å². The van der Waals surface area contributed by atoms with Crippen LogP contribution in [0.2, 0.25) is 0 Å². The number of allylic oxidation sites excluding steroid dienone is 1. The number of aliphatic hydroxyl groups is 1. The number of ketones is 1. The molecule has 3 aliphatic heterocycles. The number of cyclic esters (lactones) is 2. The minimum atomic E-state index is -1.31. The maximum Gasteiger partial charge on any atom is 0.333 e. The van der Waals surface area contributed by atoms with Gasteiger partial charge in [0.2, 0.25) is 6.29 Å². The van der Waals surface area contributed by atoms with Crippen LogP contribution in [0.25, 0.3) is 0 Å². The summed E-state index contributed by atoms with van der Waals surface area (Å²) >= 11 is 0. The third-order valence-corrected chi connectivity index (χ3v) is 7.76. The number of rotatable bonds is 1. The lowest BCUT2D eigenvalue weighted by molar-refractivity contribution is -0.172.